The zero-order chi connectivity index (χ0) is 16.2. The third-order valence-electron chi connectivity index (χ3n) is 3.62. The van der Waals surface area contributed by atoms with Crippen molar-refractivity contribution >= 4 is 6.09 Å². The maximum atomic E-state index is 12.2. The molecule has 2 rings (SSSR count). The molecule has 1 atom stereocenters. The molecule has 1 aromatic heterocycles. The number of hydrogen-bond donors (Lipinski definition) is 1. The van der Waals surface area contributed by atoms with Crippen LogP contribution in [0.25, 0.3) is 0 Å². The number of nitrogens with two attached hydrogens (primary N) is 1. The smallest absolute Gasteiger partial charge is 0.410 e. The standard InChI is InChI=1S/C16H26N4O2/c1-16(2,3)22-15(21)20-9-8-19(14(10-17)12-20)11-13-6-4-5-7-18-13/h4-7,14H,8-12,17H2,1-3H3. The van der Waals surface area contributed by atoms with Crippen molar-refractivity contribution in [1.82, 2.24) is 14.8 Å². The van der Waals surface area contributed by atoms with E-state index in [-0.39, 0.29) is 12.1 Å². The van der Waals surface area contributed by atoms with E-state index in [1.807, 2.05) is 39.0 Å². The molecule has 2 N–H and O–H groups in total. The van der Waals surface area contributed by atoms with E-state index in [9.17, 15) is 4.79 Å². The second-order valence-electron chi connectivity index (χ2n) is 6.61. The lowest BCUT2D eigenvalue weighted by molar-refractivity contribution is 0.00336. The third kappa shape index (κ3) is 4.68. The van der Waals surface area contributed by atoms with Crippen molar-refractivity contribution in [3.8, 4) is 0 Å². The largest absolute Gasteiger partial charge is 0.444 e. The monoisotopic (exact) mass is 306 g/mol. The highest BCUT2D eigenvalue weighted by molar-refractivity contribution is 5.68. The van der Waals surface area contributed by atoms with Gasteiger partial charge in [0, 0.05) is 45.0 Å². The highest BCUT2D eigenvalue weighted by Crippen LogP contribution is 2.16. The topological polar surface area (TPSA) is 71.7 Å². The van der Waals surface area contributed by atoms with Gasteiger partial charge in [-0.25, -0.2) is 4.79 Å². The summed E-state index contributed by atoms with van der Waals surface area (Å²) in [6.45, 7) is 8.92. The van der Waals surface area contributed by atoms with Crippen LogP contribution < -0.4 is 5.73 Å². The first-order valence-corrected chi connectivity index (χ1v) is 7.71. The lowest BCUT2D eigenvalue weighted by atomic mass is 10.1. The third-order valence-corrected chi connectivity index (χ3v) is 3.62. The molecule has 22 heavy (non-hydrogen) atoms. The minimum Gasteiger partial charge on any atom is -0.444 e. The average molecular weight is 306 g/mol. The summed E-state index contributed by atoms with van der Waals surface area (Å²) in [6, 6.07) is 6.03. The Kier molecular flexibility index (Phi) is 5.37. The molecule has 1 fully saturated rings. The van der Waals surface area contributed by atoms with Gasteiger partial charge in [0.2, 0.25) is 0 Å². The second kappa shape index (κ2) is 7.07. The molecule has 1 aliphatic heterocycles. The number of nitrogens with zero attached hydrogens (tertiary/aromatic N) is 3. The molecule has 0 bridgehead atoms. The van der Waals surface area contributed by atoms with Gasteiger partial charge in [0.05, 0.1) is 5.69 Å². The molecule has 0 aliphatic carbocycles. The molecule has 0 spiro atoms. The average Bonchev–Trinajstić information content (AvgIpc) is 2.47. The molecule has 1 aromatic rings. The minimum absolute atomic E-state index is 0.128. The number of hydrogen-bond acceptors (Lipinski definition) is 5. The van der Waals surface area contributed by atoms with Crippen molar-refractivity contribution in [1.29, 1.82) is 0 Å². The Hall–Kier alpha value is -1.66. The molecule has 1 unspecified atom stereocenters. The van der Waals surface area contributed by atoms with Gasteiger partial charge in [-0.05, 0) is 32.9 Å². The highest BCUT2D eigenvalue weighted by atomic mass is 16.6. The van der Waals surface area contributed by atoms with Gasteiger partial charge in [-0.15, -0.1) is 0 Å². The Labute approximate surface area is 132 Å². The van der Waals surface area contributed by atoms with E-state index in [0.717, 1.165) is 18.8 Å². The van der Waals surface area contributed by atoms with Gasteiger partial charge in [-0.3, -0.25) is 9.88 Å². The summed E-state index contributed by atoms with van der Waals surface area (Å²) in [5.74, 6) is 0. The molecule has 6 heteroatoms. The lowest BCUT2D eigenvalue weighted by Crippen LogP contribution is -2.57. The van der Waals surface area contributed by atoms with E-state index in [4.69, 9.17) is 10.5 Å². The van der Waals surface area contributed by atoms with Crippen LogP contribution in [-0.4, -0.2) is 58.7 Å². The number of piperazine rings is 1. The van der Waals surface area contributed by atoms with Crippen molar-refractivity contribution in [2.24, 2.45) is 5.73 Å². The summed E-state index contributed by atoms with van der Waals surface area (Å²) >= 11 is 0. The molecular formula is C16H26N4O2. The Morgan fingerprint density at radius 2 is 2.18 bits per heavy atom. The molecule has 0 aromatic carbocycles. The molecule has 1 amide bonds. The maximum Gasteiger partial charge on any atom is 0.410 e. The number of aromatic nitrogens is 1. The van der Waals surface area contributed by atoms with Crippen LogP contribution in [0, 0.1) is 0 Å². The zero-order valence-corrected chi connectivity index (χ0v) is 13.7. The van der Waals surface area contributed by atoms with E-state index >= 15 is 0 Å². The first kappa shape index (κ1) is 16.7. The number of carbonyl (C=O) groups excluding carboxylic acids is 1. The summed E-state index contributed by atoms with van der Waals surface area (Å²) in [4.78, 5) is 20.6. The summed E-state index contributed by atoms with van der Waals surface area (Å²) in [5.41, 5.74) is 6.44. The van der Waals surface area contributed by atoms with Crippen LogP contribution in [-0.2, 0) is 11.3 Å². The van der Waals surface area contributed by atoms with E-state index in [2.05, 4.69) is 9.88 Å². The summed E-state index contributed by atoms with van der Waals surface area (Å²) in [7, 11) is 0. The molecule has 1 saturated heterocycles. The van der Waals surface area contributed by atoms with Crippen LogP contribution in [0.3, 0.4) is 0 Å². The highest BCUT2D eigenvalue weighted by Gasteiger charge is 2.31. The van der Waals surface area contributed by atoms with Gasteiger partial charge in [0.15, 0.2) is 0 Å². The van der Waals surface area contributed by atoms with Gasteiger partial charge >= 0.3 is 6.09 Å². The molecule has 122 valence electrons. The predicted octanol–water partition coefficient (Wildman–Crippen LogP) is 1.46. The SMILES string of the molecule is CC(C)(C)OC(=O)N1CCN(Cc2ccccn2)C(CN)C1. The number of amides is 1. The minimum atomic E-state index is -0.472. The van der Waals surface area contributed by atoms with E-state index < -0.39 is 5.60 Å². The van der Waals surface area contributed by atoms with Crippen molar-refractivity contribution in [3.63, 3.8) is 0 Å². The number of pyridine rings is 1. The second-order valence-corrected chi connectivity index (χ2v) is 6.61. The first-order chi connectivity index (χ1) is 10.4. The van der Waals surface area contributed by atoms with E-state index in [0.29, 0.717) is 19.6 Å². The zero-order valence-electron chi connectivity index (χ0n) is 13.7. The van der Waals surface area contributed by atoms with Gasteiger partial charge in [0.25, 0.3) is 0 Å². The number of rotatable bonds is 3. The Morgan fingerprint density at radius 1 is 1.41 bits per heavy atom. The fourth-order valence-electron chi connectivity index (χ4n) is 2.52. The summed E-state index contributed by atoms with van der Waals surface area (Å²) in [5, 5.41) is 0. The summed E-state index contributed by atoms with van der Waals surface area (Å²) in [6.07, 6.45) is 1.53. The van der Waals surface area contributed by atoms with Crippen molar-refractivity contribution in [2.45, 2.75) is 39.0 Å². The molecule has 0 radical (unpaired) electrons. The molecule has 6 nitrogen and oxygen atoms in total. The Morgan fingerprint density at radius 3 is 2.77 bits per heavy atom. The number of ether oxygens (including phenoxy) is 1. The van der Waals surface area contributed by atoms with Crippen molar-refractivity contribution in [2.75, 3.05) is 26.2 Å². The molecular weight excluding hydrogens is 280 g/mol. The van der Waals surface area contributed by atoms with Crippen LogP contribution in [0.2, 0.25) is 0 Å². The molecule has 2 heterocycles. The first-order valence-electron chi connectivity index (χ1n) is 7.71. The van der Waals surface area contributed by atoms with Crippen LogP contribution >= 0.6 is 0 Å². The van der Waals surface area contributed by atoms with Gasteiger partial charge in [0.1, 0.15) is 5.60 Å². The fourth-order valence-corrected chi connectivity index (χ4v) is 2.52. The molecule has 1 aliphatic rings. The maximum absolute atomic E-state index is 12.2. The lowest BCUT2D eigenvalue weighted by Gasteiger charge is -2.41. The van der Waals surface area contributed by atoms with Crippen LogP contribution in [0.1, 0.15) is 26.5 Å². The Bertz CT molecular complexity index is 487. The quantitative estimate of drug-likeness (QED) is 0.915. The van der Waals surface area contributed by atoms with Crippen molar-refractivity contribution < 1.29 is 9.53 Å². The van der Waals surface area contributed by atoms with Gasteiger partial charge in [-0.2, -0.15) is 0 Å². The van der Waals surface area contributed by atoms with E-state index in [1.165, 1.54) is 0 Å². The van der Waals surface area contributed by atoms with Crippen LogP contribution in [0.15, 0.2) is 24.4 Å². The van der Waals surface area contributed by atoms with Gasteiger partial charge < -0.3 is 15.4 Å². The van der Waals surface area contributed by atoms with E-state index in [1.54, 1.807) is 11.1 Å². The van der Waals surface area contributed by atoms with Gasteiger partial charge in [-0.1, -0.05) is 6.07 Å². The molecule has 0 saturated carbocycles. The number of carbonyl (C=O) groups is 1. The summed E-state index contributed by atoms with van der Waals surface area (Å²) < 4.78 is 5.44. The normalized spacial score (nSPS) is 20.0. The predicted molar refractivity (Wildman–Crippen MR) is 85.3 cm³/mol. The fraction of sp³-hybridized carbons (Fsp3) is 0.625. The van der Waals surface area contributed by atoms with Crippen molar-refractivity contribution in [3.05, 3.63) is 30.1 Å². The Balaban J connectivity index is 1.95. The van der Waals surface area contributed by atoms with Crippen LogP contribution in [0.4, 0.5) is 4.79 Å². The van der Waals surface area contributed by atoms with Crippen LogP contribution in [0.5, 0.6) is 0 Å².